The van der Waals surface area contributed by atoms with Gasteiger partial charge in [-0.05, 0) is 42.4 Å². The minimum absolute atomic E-state index is 0.296. The molecular weight excluding hydrogens is 348 g/mol. The number of benzene rings is 2. The number of nitrogens with one attached hydrogen (secondary N) is 2. The minimum Gasteiger partial charge on any atom is -0.497 e. The van der Waals surface area contributed by atoms with Crippen LogP contribution in [0.2, 0.25) is 0 Å². The zero-order valence-corrected chi connectivity index (χ0v) is 15.4. The molecule has 2 N–H and O–H groups in total. The fraction of sp³-hybridized carbons (Fsp3) is 0.200. The lowest BCUT2D eigenvalue weighted by Gasteiger charge is -2.31. The Morgan fingerprint density at radius 1 is 1.12 bits per heavy atom. The molecule has 1 atom stereocenters. The lowest BCUT2D eigenvalue weighted by molar-refractivity contribution is -0.138. The summed E-state index contributed by atoms with van der Waals surface area (Å²) in [4.78, 5) is 12.8. The molecule has 134 valence electrons. The number of methoxy groups -OCH3 is 1. The van der Waals surface area contributed by atoms with Crippen LogP contribution in [0.25, 0.3) is 5.70 Å². The summed E-state index contributed by atoms with van der Waals surface area (Å²) in [7, 11) is 1.62. The Balaban J connectivity index is 2.13. The van der Waals surface area contributed by atoms with Gasteiger partial charge in [-0.2, -0.15) is 0 Å². The highest BCUT2D eigenvalue weighted by Crippen LogP contribution is 2.32. The van der Waals surface area contributed by atoms with E-state index in [1.807, 2.05) is 54.6 Å². The highest BCUT2D eigenvalue weighted by molar-refractivity contribution is 7.80. The fourth-order valence-electron chi connectivity index (χ4n) is 2.87. The maximum atomic E-state index is 12.8. The van der Waals surface area contributed by atoms with Crippen LogP contribution in [0.3, 0.4) is 0 Å². The predicted molar refractivity (Wildman–Crippen MR) is 105 cm³/mol. The summed E-state index contributed by atoms with van der Waals surface area (Å²) in [6.45, 7) is 2.08. The van der Waals surface area contributed by atoms with Crippen molar-refractivity contribution in [2.75, 3.05) is 13.7 Å². The normalized spacial score (nSPS) is 16.5. The highest BCUT2D eigenvalue weighted by atomic mass is 32.1. The van der Waals surface area contributed by atoms with Crippen molar-refractivity contribution in [1.29, 1.82) is 0 Å². The van der Waals surface area contributed by atoms with Crippen LogP contribution in [0.1, 0.15) is 24.1 Å². The van der Waals surface area contributed by atoms with Crippen LogP contribution in [0.15, 0.2) is 60.2 Å². The minimum atomic E-state index is -0.413. The van der Waals surface area contributed by atoms with E-state index >= 15 is 0 Å². The predicted octanol–water partition coefficient (Wildman–Crippen LogP) is 3.19. The topological polar surface area (TPSA) is 59.6 Å². The number of hydrogen-bond acceptors (Lipinski definition) is 4. The van der Waals surface area contributed by atoms with Gasteiger partial charge in [-0.3, -0.25) is 0 Å². The van der Waals surface area contributed by atoms with Crippen LogP contribution in [-0.4, -0.2) is 24.8 Å². The van der Waals surface area contributed by atoms with Gasteiger partial charge in [0, 0.05) is 0 Å². The van der Waals surface area contributed by atoms with E-state index in [1.54, 1.807) is 14.0 Å². The van der Waals surface area contributed by atoms with Gasteiger partial charge in [0.25, 0.3) is 0 Å². The molecule has 0 bridgehead atoms. The summed E-state index contributed by atoms with van der Waals surface area (Å²) < 4.78 is 10.5. The largest absolute Gasteiger partial charge is 0.497 e. The monoisotopic (exact) mass is 368 g/mol. The molecule has 0 fully saturated rings. The van der Waals surface area contributed by atoms with Crippen LogP contribution in [0, 0.1) is 0 Å². The van der Waals surface area contributed by atoms with E-state index in [1.165, 1.54) is 0 Å². The highest BCUT2D eigenvalue weighted by Gasteiger charge is 2.33. The van der Waals surface area contributed by atoms with Crippen molar-refractivity contribution < 1.29 is 14.3 Å². The number of carbonyl (C=O) groups excluding carboxylic acids is 1. The van der Waals surface area contributed by atoms with Crippen molar-refractivity contribution in [1.82, 2.24) is 10.6 Å². The van der Waals surface area contributed by atoms with E-state index in [0.717, 1.165) is 16.9 Å². The Kier molecular flexibility index (Phi) is 5.53. The molecule has 5 nitrogen and oxygen atoms in total. The third kappa shape index (κ3) is 3.70. The molecule has 0 radical (unpaired) electrons. The number of thiocarbonyl (C=S) groups is 1. The van der Waals surface area contributed by atoms with Crippen LogP contribution in [0.4, 0.5) is 0 Å². The Labute approximate surface area is 158 Å². The summed E-state index contributed by atoms with van der Waals surface area (Å²) >= 11 is 5.38. The first-order chi connectivity index (χ1) is 12.6. The number of esters is 1. The molecule has 0 spiro atoms. The maximum Gasteiger partial charge on any atom is 0.338 e. The maximum absolute atomic E-state index is 12.8. The second-order valence-corrected chi connectivity index (χ2v) is 6.09. The van der Waals surface area contributed by atoms with Gasteiger partial charge < -0.3 is 20.1 Å². The first-order valence-electron chi connectivity index (χ1n) is 8.32. The molecule has 0 amide bonds. The summed E-state index contributed by atoms with van der Waals surface area (Å²) in [6, 6.07) is 16.7. The van der Waals surface area contributed by atoms with E-state index in [0.29, 0.717) is 23.0 Å². The molecule has 3 rings (SSSR count). The Hall–Kier alpha value is -2.86. The quantitative estimate of drug-likeness (QED) is 0.624. The van der Waals surface area contributed by atoms with E-state index in [9.17, 15) is 4.79 Å². The molecule has 1 heterocycles. The van der Waals surface area contributed by atoms with E-state index < -0.39 is 6.04 Å². The molecule has 2 aromatic carbocycles. The van der Waals surface area contributed by atoms with Crippen molar-refractivity contribution in [2.24, 2.45) is 0 Å². The first kappa shape index (κ1) is 17.9. The number of hydrogen-bond donors (Lipinski definition) is 2. The fourth-order valence-corrected chi connectivity index (χ4v) is 3.09. The lowest BCUT2D eigenvalue weighted by Crippen LogP contribution is -2.45. The molecule has 2 aromatic rings. The standard InChI is InChI=1S/C20H20N2O3S/c1-3-25-19(23)16-17(13-7-5-4-6-8-13)21-20(26)22-18(16)14-9-11-15(24-2)12-10-14/h4-12,18H,3H2,1-2H3,(H2,21,22,26)/t18-/m1/s1. The van der Waals surface area contributed by atoms with Crippen LogP contribution >= 0.6 is 12.2 Å². The zero-order valence-electron chi connectivity index (χ0n) is 14.6. The smallest absolute Gasteiger partial charge is 0.338 e. The number of carbonyl (C=O) groups is 1. The van der Waals surface area contributed by atoms with Crippen molar-refractivity contribution in [3.8, 4) is 5.75 Å². The molecular formula is C20H20N2O3S. The van der Waals surface area contributed by atoms with Crippen molar-refractivity contribution >= 4 is 29.0 Å². The number of ether oxygens (including phenoxy) is 2. The summed E-state index contributed by atoms with van der Waals surface area (Å²) in [6.07, 6.45) is 0. The molecule has 0 aromatic heterocycles. The second kappa shape index (κ2) is 8.01. The van der Waals surface area contributed by atoms with Gasteiger partial charge in [0.05, 0.1) is 31.0 Å². The average molecular weight is 368 g/mol. The van der Waals surface area contributed by atoms with Gasteiger partial charge in [0.15, 0.2) is 5.11 Å². The number of rotatable bonds is 5. The van der Waals surface area contributed by atoms with E-state index in [2.05, 4.69) is 10.6 Å². The van der Waals surface area contributed by atoms with Crippen molar-refractivity contribution in [3.63, 3.8) is 0 Å². The van der Waals surface area contributed by atoms with Crippen LogP contribution < -0.4 is 15.4 Å². The summed E-state index contributed by atoms with van der Waals surface area (Å²) in [5.74, 6) is 0.366. The van der Waals surface area contributed by atoms with Gasteiger partial charge in [0.1, 0.15) is 5.75 Å². The van der Waals surface area contributed by atoms with Crippen LogP contribution in [-0.2, 0) is 9.53 Å². The van der Waals surface area contributed by atoms with E-state index in [4.69, 9.17) is 21.7 Å². The second-order valence-electron chi connectivity index (χ2n) is 5.68. The van der Waals surface area contributed by atoms with E-state index in [-0.39, 0.29) is 5.97 Å². The van der Waals surface area contributed by atoms with Gasteiger partial charge in [-0.15, -0.1) is 0 Å². The molecule has 1 aliphatic heterocycles. The SMILES string of the molecule is CCOC(=O)C1=C(c2ccccc2)NC(=S)N[C@@H]1c1ccc(OC)cc1. The van der Waals surface area contributed by atoms with Crippen molar-refractivity contribution in [2.45, 2.75) is 13.0 Å². The zero-order chi connectivity index (χ0) is 18.5. The van der Waals surface area contributed by atoms with Crippen molar-refractivity contribution in [3.05, 3.63) is 71.3 Å². The molecule has 0 aliphatic carbocycles. The third-order valence-electron chi connectivity index (χ3n) is 4.08. The Morgan fingerprint density at radius 2 is 1.81 bits per heavy atom. The summed E-state index contributed by atoms with van der Waals surface area (Å²) in [5.41, 5.74) is 2.93. The molecule has 26 heavy (non-hydrogen) atoms. The molecule has 0 saturated heterocycles. The van der Waals surface area contributed by atoms with Crippen LogP contribution in [0.5, 0.6) is 5.75 Å². The molecule has 0 saturated carbocycles. The van der Waals surface area contributed by atoms with Gasteiger partial charge in [0.2, 0.25) is 0 Å². The summed E-state index contributed by atoms with van der Waals surface area (Å²) in [5, 5.41) is 6.76. The molecule has 1 aliphatic rings. The molecule has 0 unspecified atom stereocenters. The van der Waals surface area contributed by atoms with Gasteiger partial charge >= 0.3 is 5.97 Å². The van der Waals surface area contributed by atoms with Gasteiger partial charge in [-0.25, -0.2) is 4.79 Å². The first-order valence-corrected chi connectivity index (χ1v) is 8.73. The Morgan fingerprint density at radius 3 is 2.42 bits per heavy atom. The Bertz CT molecular complexity index is 832. The van der Waals surface area contributed by atoms with Gasteiger partial charge in [-0.1, -0.05) is 42.5 Å². The molecule has 6 heteroatoms. The average Bonchev–Trinajstić information content (AvgIpc) is 2.68. The lowest BCUT2D eigenvalue weighted by atomic mass is 9.93. The third-order valence-corrected chi connectivity index (χ3v) is 4.30.